The number of halogens is 1. The normalized spacial score (nSPS) is 11.1. The zero-order chi connectivity index (χ0) is 13.6. The van der Waals surface area contributed by atoms with E-state index in [0.29, 0.717) is 21.9 Å². The van der Waals surface area contributed by atoms with Gasteiger partial charge in [-0.3, -0.25) is 0 Å². The van der Waals surface area contributed by atoms with Gasteiger partial charge in [-0.05, 0) is 30.6 Å². The van der Waals surface area contributed by atoms with Crippen molar-refractivity contribution in [3.05, 3.63) is 29.2 Å². The monoisotopic (exact) mass is 278 g/mol. The molecule has 0 radical (unpaired) electrons. The molecule has 2 N–H and O–H groups in total. The SMILES string of the molecule is Cc1nnsc1-c1nc2c(C(=O)O)cc(F)cc2[nH]1. The summed E-state index contributed by atoms with van der Waals surface area (Å²) in [5.74, 6) is -1.41. The van der Waals surface area contributed by atoms with Gasteiger partial charge < -0.3 is 10.1 Å². The van der Waals surface area contributed by atoms with E-state index in [0.717, 1.165) is 17.6 Å². The Morgan fingerprint density at radius 1 is 1.47 bits per heavy atom. The Morgan fingerprint density at radius 2 is 2.26 bits per heavy atom. The van der Waals surface area contributed by atoms with Crippen molar-refractivity contribution >= 4 is 28.5 Å². The van der Waals surface area contributed by atoms with Crippen LogP contribution in [0, 0.1) is 12.7 Å². The smallest absolute Gasteiger partial charge is 0.338 e. The quantitative estimate of drug-likeness (QED) is 0.750. The van der Waals surface area contributed by atoms with E-state index in [2.05, 4.69) is 19.6 Å². The number of hydrogen-bond acceptors (Lipinski definition) is 5. The Labute approximate surface area is 110 Å². The lowest BCUT2D eigenvalue weighted by Crippen LogP contribution is -1.98. The number of rotatable bonds is 2. The largest absolute Gasteiger partial charge is 0.478 e. The molecule has 0 spiro atoms. The third kappa shape index (κ3) is 1.85. The van der Waals surface area contributed by atoms with Crippen molar-refractivity contribution in [1.82, 2.24) is 19.6 Å². The topological polar surface area (TPSA) is 91.8 Å². The average Bonchev–Trinajstić information content (AvgIpc) is 2.93. The minimum absolute atomic E-state index is 0.173. The van der Waals surface area contributed by atoms with Crippen molar-refractivity contribution < 1.29 is 14.3 Å². The van der Waals surface area contributed by atoms with Crippen molar-refractivity contribution in [3.8, 4) is 10.7 Å². The highest BCUT2D eigenvalue weighted by molar-refractivity contribution is 7.09. The van der Waals surface area contributed by atoms with Crippen LogP contribution in [0.25, 0.3) is 21.7 Å². The molecule has 0 saturated heterocycles. The fourth-order valence-electron chi connectivity index (χ4n) is 1.80. The van der Waals surface area contributed by atoms with Crippen LogP contribution in [0.4, 0.5) is 4.39 Å². The second kappa shape index (κ2) is 4.09. The van der Waals surface area contributed by atoms with E-state index in [1.807, 2.05) is 0 Å². The van der Waals surface area contributed by atoms with Crippen LogP contribution in [0.1, 0.15) is 16.1 Å². The first-order chi connectivity index (χ1) is 9.06. The van der Waals surface area contributed by atoms with Gasteiger partial charge in [-0.1, -0.05) is 4.49 Å². The molecule has 0 saturated carbocycles. The van der Waals surface area contributed by atoms with E-state index in [4.69, 9.17) is 5.11 Å². The van der Waals surface area contributed by atoms with Crippen LogP contribution in [0.15, 0.2) is 12.1 Å². The molecule has 96 valence electrons. The van der Waals surface area contributed by atoms with E-state index in [1.54, 1.807) is 6.92 Å². The second-order valence-corrected chi connectivity index (χ2v) is 4.68. The maximum absolute atomic E-state index is 13.4. The van der Waals surface area contributed by atoms with Gasteiger partial charge >= 0.3 is 5.97 Å². The van der Waals surface area contributed by atoms with Crippen molar-refractivity contribution in [2.24, 2.45) is 0 Å². The van der Waals surface area contributed by atoms with E-state index in [1.165, 1.54) is 6.07 Å². The van der Waals surface area contributed by atoms with E-state index >= 15 is 0 Å². The number of carboxylic acid groups (broad SMARTS) is 1. The fraction of sp³-hybridized carbons (Fsp3) is 0.0909. The first-order valence-electron chi connectivity index (χ1n) is 5.28. The molecular formula is C11H7FN4O2S. The Hall–Kier alpha value is -2.35. The zero-order valence-corrected chi connectivity index (χ0v) is 10.5. The van der Waals surface area contributed by atoms with Gasteiger partial charge in [0.15, 0.2) is 5.82 Å². The average molecular weight is 278 g/mol. The number of carboxylic acids is 1. The minimum atomic E-state index is -1.22. The van der Waals surface area contributed by atoms with Gasteiger partial charge in [0.1, 0.15) is 16.2 Å². The molecule has 0 unspecified atom stereocenters. The lowest BCUT2D eigenvalue weighted by molar-refractivity contribution is 0.0698. The predicted molar refractivity (Wildman–Crippen MR) is 66.7 cm³/mol. The summed E-state index contributed by atoms with van der Waals surface area (Å²) >= 11 is 1.14. The molecule has 0 aliphatic rings. The Kier molecular flexibility index (Phi) is 2.53. The Morgan fingerprint density at radius 3 is 2.89 bits per heavy atom. The van der Waals surface area contributed by atoms with E-state index in [-0.39, 0.29) is 11.1 Å². The first-order valence-corrected chi connectivity index (χ1v) is 6.05. The number of aromatic amines is 1. The summed E-state index contributed by atoms with van der Waals surface area (Å²) in [7, 11) is 0. The molecule has 0 atom stereocenters. The number of aromatic nitrogens is 4. The number of carbonyl (C=O) groups is 1. The molecule has 2 aromatic heterocycles. The summed E-state index contributed by atoms with van der Waals surface area (Å²) in [6.45, 7) is 1.77. The number of nitrogens with zero attached hydrogens (tertiary/aromatic N) is 3. The van der Waals surface area contributed by atoms with Gasteiger partial charge in [-0.25, -0.2) is 14.2 Å². The van der Waals surface area contributed by atoms with Crippen LogP contribution in [0.2, 0.25) is 0 Å². The van der Waals surface area contributed by atoms with Gasteiger partial charge in [-0.15, -0.1) is 5.10 Å². The van der Waals surface area contributed by atoms with Crippen molar-refractivity contribution in [3.63, 3.8) is 0 Å². The fourth-order valence-corrected chi connectivity index (χ4v) is 2.40. The summed E-state index contributed by atoms with van der Waals surface area (Å²) in [4.78, 5) is 18.9. The summed E-state index contributed by atoms with van der Waals surface area (Å²) < 4.78 is 17.1. The highest BCUT2D eigenvalue weighted by Crippen LogP contribution is 2.27. The Bertz CT molecular complexity index is 795. The predicted octanol–water partition coefficient (Wildman–Crippen LogP) is 2.23. The van der Waals surface area contributed by atoms with Crippen molar-refractivity contribution in [1.29, 1.82) is 0 Å². The molecule has 6 nitrogen and oxygen atoms in total. The molecule has 0 aliphatic heterocycles. The molecule has 3 aromatic rings. The van der Waals surface area contributed by atoms with Crippen LogP contribution >= 0.6 is 11.5 Å². The summed E-state index contributed by atoms with van der Waals surface area (Å²) in [6, 6.07) is 2.16. The van der Waals surface area contributed by atoms with Gasteiger partial charge in [0.05, 0.1) is 16.8 Å². The van der Waals surface area contributed by atoms with Crippen molar-refractivity contribution in [2.75, 3.05) is 0 Å². The van der Waals surface area contributed by atoms with Crippen LogP contribution < -0.4 is 0 Å². The number of benzene rings is 1. The number of H-pyrrole nitrogens is 1. The first kappa shape index (κ1) is 11.7. The van der Waals surface area contributed by atoms with Crippen LogP contribution in [-0.4, -0.2) is 30.6 Å². The summed E-state index contributed by atoms with van der Waals surface area (Å²) in [5, 5.41) is 12.9. The summed E-state index contributed by atoms with van der Waals surface area (Å²) in [5.41, 5.74) is 1.06. The number of nitrogens with one attached hydrogen (secondary N) is 1. The standard InChI is InChI=1S/C11H7FN4O2S/c1-4-9(19-16-15-4)10-13-7-3-5(12)2-6(11(17)18)8(7)14-10/h2-3H,1H3,(H,13,14)(H,17,18). The van der Waals surface area contributed by atoms with Crippen LogP contribution in [-0.2, 0) is 0 Å². The highest BCUT2D eigenvalue weighted by atomic mass is 32.1. The lowest BCUT2D eigenvalue weighted by Gasteiger charge is -1.95. The number of aromatic carboxylic acids is 1. The molecule has 0 bridgehead atoms. The molecule has 0 fully saturated rings. The molecule has 0 aliphatic carbocycles. The number of fused-ring (bicyclic) bond motifs is 1. The van der Waals surface area contributed by atoms with Gasteiger partial charge in [0.25, 0.3) is 0 Å². The van der Waals surface area contributed by atoms with Crippen molar-refractivity contribution in [2.45, 2.75) is 6.92 Å². The lowest BCUT2D eigenvalue weighted by atomic mass is 10.2. The molecule has 8 heteroatoms. The minimum Gasteiger partial charge on any atom is -0.478 e. The number of aryl methyl sites for hydroxylation is 1. The van der Waals surface area contributed by atoms with E-state index < -0.39 is 11.8 Å². The van der Waals surface area contributed by atoms with Gasteiger partial charge in [-0.2, -0.15) is 0 Å². The van der Waals surface area contributed by atoms with Crippen LogP contribution in [0.3, 0.4) is 0 Å². The molecule has 3 rings (SSSR count). The summed E-state index contributed by atoms with van der Waals surface area (Å²) in [6.07, 6.45) is 0. The highest BCUT2D eigenvalue weighted by Gasteiger charge is 2.17. The Balaban J connectivity index is 2.29. The molecule has 0 amide bonds. The van der Waals surface area contributed by atoms with Crippen LogP contribution in [0.5, 0.6) is 0 Å². The maximum atomic E-state index is 13.4. The second-order valence-electron chi connectivity index (χ2n) is 3.93. The third-order valence-electron chi connectivity index (χ3n) is 2.65. The number of hydrogen-bond donors (Lipinski definition) is 2. The maximum Gasteiger partial charge on any atom is 0.338 e. The third-order valence-corrected chi connectivity index (χ3v) is 3.48. The van der Waals surface area contributed by atoms with Gasteiger partial charge in [0.2, 0.25) is 0 Å². The van der Waals surface area contributed by atoms with E-state index in [9.17, 15) is 9.18 Å². The molecule has 2 heterocycles. The molecule has 19 heavy (non-hydrogen) atoms. The number of imidazole rings is 1. The van der Waals surface area contributed by atoms with Gasteiger partial charge in [0, 0.05) is 0 Å². The molecular weight excluding hydrogens is 271 g/mol. The molecule has 1 aromatic carbocycles. The zero-order valence-electron chi connectivity index (χ0n) is 9.64.